The van der Waals surface area contributed by atoms with Crippen LogP contribution < -0.4 is 5.32 Å². The second-order valence-corrected chi connectivity index (χ2v) is 5.53. The van der Waals surface area contributed by atoms with E-state index in [4.69, 9.17) is 27.9 Å². The van der Waals surface area contributed by atoms with E-state index in [9.17, 15) is 9.59 Å². The van der Waals surface area contributed by atoms with Crippen molar-refractivity contribution in [2.24, 2.45) is 0 Å². The number of ketones is 1. The van der Waals surface area contributed by atoms with E-state index in [0.717, 1.165) is 0 Å². The van der Waals surface area contributed by atoms with Crippen LogP contribution in [0.2, 0.25) is 10.0 Å². The maximum absolute atomic E-state index is 12.7. The van der Waals surface area contributed by atoms with Crippen molar-refractivity contribution >= 4 is 40.6 Å². The first-order valence-electron chi connectivity index (χ1n) is 7.22. The van der Waals surface area contributed by atoms with Crippen molar-refractivity contribution in [1.29, 1.82) is 0 Å². The van der Waals surface area contributed by atoms with E-state index in [1.165, 1.54) is 6.20 Å². The van der Waals surface area contributed by atoms with Gasteiger partial charge < -0.3 is 10.1 Å². The monoisotopic (exact) mass is 363 g/mol. The molecule has 0 aliphatic heterocycles. The van der Waals surface area contributed by atoms with Crippen molar-refractivity contribution in [3.05, 3.63) is 75.9 Å². The molecular formula is C18H15Cl2NO3. The van der Waals surface area contributed by atoms with Crippen LogP contribution in [0.15, 0.2) is 60.3 Å². The zero-order valence-electron chi connectivity index (χ0n) is 12.9. The molecule has 0 radical (unpaired) electrons. The number of halogens is 2. The molecule has 1 N–H and O–H groups in total. The normalized spacial score (nSPS) is 11.0. The largest absolute Gasteiger partial charge is 0.462 e. The van der Waals surface area contributed by atoms with Crippen LogP contribution in [0, 0.1) is 0 Å². The molecule has 0 aromatic heterocycles. The standard InChI is InChI=1S/C18H15Cl2NO3/c1-2-24-18(23)13(11-21-16-10-6-5-9-15(16)20)17(22)12-7-3-4-8-14(12)19/h3-11,21H,2H2,1H3/b13-11+. The van der Waals surface area contributed by atoms with E-state index in [0.29, 0.717) is 10.7 Å². The minimum atomic E-state index is -0.734. The Labute approximate surface area is 150 Å². The Morgan fingerprint density at radius 1 is 1.04 bits per heavy atom. The fraction of sp³-hybridized carbons (Fsp3) is 0.111. The lowest BCUT2D eigenvalue weighted by atomic mass is 10.0. The molecular weight excluding hydrogens is 349 g/mol. The average molecular weight is 364 g/mol. The van der Waals surface area contributed by atoms with E-state index < -0.39 is 11.8 Å². The number of nitrogens with one attached hydrogen (secondary N) is 1. The molecule has 0 bridgehead atoms. The SMILES string of the molecule is CCOC(=O)/C(=C/Nc1ccccc1Cl)C(=O)c1ccccc1Cl. The predicted molar refractivity (Wildman–Crippen MR) is 95.6 cm³/mol. The lowest BCUT2D eigenvalue weighted by Crippen LogP contribution is -2.18. The van der Waals surface area contributed by atoms with Gasteiger partial charge in [0.15, 0.2) is 0 Å². The summed E-state index contributed by atoms with van der Waals surface area (Å²) in [6, 6.07) is 13.5. The molecule has 6 heteroatoms. The van der Waals surface area contributed by atoms with Crippen LogP contribution in [0.25, 0.3) is 0 Å². The lowest BCUT2D eigenvalue weighted by Gasteiger charge is -2.09. The van der Waals surface area contributed by atoms with Crippen LogP contribution in [0.1, 0.15) is 17.3 Å². The number of esters is 1. The fourth-order valence-electron chi connectivity index (χ4n) is 1.94. The predicted octanol–water partition coefficient (Wildman–Crippen LogP) is 4.74. The Hall–Kier alpha value is -2.30. The highest BCUT2D eigenvalue weighted by Gasteiger charge is 2.23. The van der Waals surface area contributed by atoms with Gasteiger partial charge in [0.25, 0.3) is 0 Å². The quantitative estimate of drug-likeness (QED) is 0.265. The molecule has 0 aliphatic carbocycles. The first-order valence-corrected chi connectivity index (χ1v) is 7.97. The molecule has 2 aromatic rings. The Morgan fingerprint density at radius 2 is 1.67 bits per heavy atom. The molecule has 0 heterocycles. The number of anilines is 1. The minimum absolute atomic E-state index is 0.151. The van der Waals surface area contributed by atoms with E-state index in [-0.39, 0.29) is 22.8 Å². The smallest absolute Gasteiger partial charge is 0.343 e. The molecule has 0 aliphatic rings. The van der Waals surface area contributed by atoms with Gasteiger partial charge in [-0.15, -0.1) is 0 Å². The van der Waals surface area contributed by atoms with Gasteiger partial charge in [0, 0.05) is 11.8 Å². The molecule has 24 heavy (non-hydrogen) atoms. The molecule has 0 saturated carbocycles. The number of para-hydroxylation sites is 1. The maximum Gasteiger partial charge on any atom is 0.343 e. The Kier molecular flexibility index (Phi) is 6.41. The number of carbonyl (C=O) groups is 2. The molecule has 0 fully saturated rings. The zero-order chi connectivity index (χ0) is 17.5. The van der Waals surface area contributed by atoms with Gasteiger partial charge in [-0.25, -0.2) is 4.79 Å². The first kappa shape index (κ1) is 18.0. The topological polar surface area (TPSA) is 55.4 Å². The van der Waals surface area contributed by atoms with Crippen LogP contribution in [-0.4, -0.2) is 18.4 Å². The van der Waals surface area contributed by atoms with Crippen LogP contribution in [0.3, 0.4) is 0 Å². The Balaban J connectivity index is 2.36. The third-order valence-electron chi connectivity index (χ3n) is 3.10. The van der Waals surface area contributed by atoms with Gasteiger partial charge >= 0.3 is 5.97 Å². The molecule has 0 saturated heterocycles. The summed E-state index contributed by atoms with van der Waals surface area (Å²) in [6.07, 6.45) is 1.28. The summed E-state index contributed by atoms with van der Waals surface area (Å²) in [4.78, 5) is 24.8. The molecule has 0 atom stereocenters. The highest BCUT2D eigenvalue weighted by atomic mass is 35.5. The number of carbonyl (C=O) groups excluding carboxylic acids is 2. The van der Waals surface area contributed by atoms with Gasteiger partial charge in [-0.3, -0.25) is 4.79 Å². The van der Waals surface area contributed by atoms with E-state index in [1.807, 2.05) is 0 Å². The van der Waals surface area contributed by atoms with Crippen molar-refractivity contribution in [3.8, 4) is 0 Å². The number of Topliss-reactive ketones (excluding diaryl/α,β-unsaturated/α-hetero) is 1. The summed E-state index contributed by atoms with van der Waals surface area (Å²) in [6.45, 7) is 1.81. The van der Waals surface area contributed by atoms with Crippen LogP contribution in [-0.2, 0) is 9.53 Å². The average Bonchev–Trinajstić information content (AvgIpc) is 2.57. The van der Waals surface area contributed by atoms with Crippen LogP contribution >= 0.6 is 23.2 Å². The third-order valence-corrected chi connectivity index (χ3v) is 3.76. The highest BCUT2D eigenvalue weighted by Crippen LogP contribution is 2.23. The van der Waals surface area contributed by atoms with Crippen LogP contribution in [0.4, 0.5) is 5.69 Å². The van der Waals surface area contributed by atoms with Crippen molar-refractivity contribution in [2.75, 3.05) is 11.9 Å². The molecule has 4 nitrogen and oxygen atoms in total. The van der Waals surface area contributed by atoms with Crippen molar-refractivity contribution in [3.63, 3.8) is 0 Å². The number of rotatable bonds is 6. The third kappa shape index (κ3) is 4.37. The van der Waals surface area contributed by atoms with E-state index in [1.54, 1.807) is 55.5 Å². The molecule has 2 rings (SSSR count). The number of hydrogen-bond acceptors (Lipinski definition) is 4. The van der Waals surface area contributed by atoms with Gasteiger partial charge in [0.1, 0.15) is 5.57 Å². The van der Waals surface area contributed by atoms with E-state index in [2.05, 4.69) is 5.32 Å². The summed E-state index contributed by atoms with van der Waals surface area (Å²) < 4.78 is 4.96. The molecule has 2 aromatic carbocycles. The second kappa shape index (κ2) is 8.52. The molecule has 0 unspecified atom stereocenters. The van der Waals surface area contributed by atoms with Gasteiger partial charge in [0.05, 0.1) is 22.3 Å². The number of hydrogen-bond donors (Lipinski definition) is 1. The highest BCUT2D eigenvalue weighted by molar-refractivity contribution is 6.37. The fourth-order valence-corrected chi connectivity index (χ4v) is 2.36. The summed E-state index contributed by atoms with van der Waals surface area (Å²) in [7, 11) is 0. The zero-order valence-corrected chi connectivity index (χ0v) is 14.4. The first-order chi connectivity index (χ1) is 11.5. The van der Waals surface area contributed by atoms with Crippen molar-refractivity contribution in [2.45, 2.75) is 6.92 Å². The Morgan fingerprint density at radius 3 is 2.29 bits per heavy atom. The summed E-state index contributed by atoms with van der Waals surface area (Å²) in [5.41, 5.74) is 0.622. The molecule has 0 spiro atoms. The molecule has 124 valence electrons. The van der Waals surface area contributed by atoms with Crippen LogP contribution in [0.5, 0.6) is 0 Å². The van der Waals surface area contributed by atoms with Gasteiger partial charge in [-0.1, -0.05) is 47.5 Å². The second-order valence-electron chi connectivity index (χ2n) is 4.71. The molecule has 0 amide bonds. The van der Waals surface area contributed by atoms with Crippen molar-refractivity contribution in [1.82, 2.24) is 0 Å². The number of ether oxygens (including phenoxy) is 1. The number of benzene rings is 2. The van der Waals surface area contributed by atoms with E-state index >= 15 is 0 Å². The maximum atomic E-state index is 12.7. The summed E-state index contributed by atoms with van der Waals surface area (Å²) in [5, 5.41) is 3.58. The summed E-state index contributed by atoms with van der Waals surface area (Å²) in [5.74, 6) is -1.26. The van der Waals surface area contributed by atoms with Gasteiger partial charge in [-0.2, -0.15) is 0 Å². The summed E-state index contributed by atoms with van der Waals surface area (Å²) >= 11 is 12.1. The Bertz CT molecular complexity index is 787. The van der Waals surface area contributed by atoms with Gasteiger partial charge in [-0.05, 0) is 31.2 Å². The lowest BCUT2D eigenvalue weighted by molar-refractivity contribution is -0.138. The van der Waals surface area contributed by atoms with Gasteiger partial charge in [0.2, 0.25) is 5.78 Å². The minimum Gasteiger partial charge on any atom is -0.462 e. The van der Waals surface area contributed by atoms with Crippen molar-refractivity contribution < 1.29 is 14.3 Å².